The molecular formula is C23H29ClN2O2. The van der Waals surface area contributed by atoms with Crippen molar-refractivity contribution in [3.05, 3.63) is 40.5 Å². The lowest BCUT2D eigenvalue weighted by atomic mass is 9.95. The Hall–Kier alpha value is -1.81. The van der Waals surface area contributed by atoms with Gasteiger partial charge in [-0.3, -0.25) is 14.5 Å². The molecule has 5 heteroatoms. The predicted molar refractivity (Wildman–Crippen MR) is 112 cm³/mol. The van der Waals surface area contributed by atoms with Crippen LogP contribution in [0.4, 0.5) is 0 Å². The molecule has 0 aromatic heterocycles. The molecule has 2 aliphatic heterocycles. The van der Waals surface area contributed by atoms with Gasteiger partial charge in [0.05, 0.1) is 5.57 Å². The van der Waals surface area contributed by atoms with E-state index in [9.17, 15) is 9.59 Å². The quantitative estimate of drug-likeness (QED) is 0.669. The van der Waals surface area contributed by atoms with Gasteiger partial charge in [-0.25, -0.2) is 0 Å². The van der Waals surface area contributed by atoms with Gasteiger partial charge >= 0.3 is 0 Å². The summed E-state index contributed by atoms with van der Waals surface area (Å²) in [6.45, 7) is 1.70. The van der Waals surface area contributed by atoms with Gasteiger partial charge in [0.1, 0.15) is 5.70 Å². The van der Waals surface area contributed by atoms with Crippen molar-refractivity contribution in [2.45, 2.75) is 70.3 Å². The first-order valence-corrected chi connectivity index (χ1v) is 11.2. The van der Waals surface area contributed by atoms with Crippen LogP contribution >= 0.6 is 11.6 Å². The SMILES string of the molecule is O=C1C(c2ccc(Cl)cc2)=C(N2CCCCC2)C(=O)N1C1CCCCCCC1. The van der Waals surface area contributed by atoms with Crippen LogP contribution in [0.1, 0.15) is 69.8 Å². The number of hydrogen-bond donors (Lipinski definition) is 0. The third-order valence-corrected chi connectivity index (χ3v) is 6.59. The zero-order valence-electron chi connectivity index (χ0n) is 16.5. The Morgan fingerprint density at radius 3 is 1.96 bits per heavy atom. The molecular weight excluding hydrogens is 372 g/mol. The summed E-state index contributed by atoms with van der Waals surface area (Å²) in [7, 11) is 0. The standard InChI is InChI=1S/C23H29ClN2O2/c24-18-13-11-17(12-14-18)20-21(25-15-7-4-8-16-25)23(28)26(22(20)27)19-9-5-2-1-3-6-10-19/h11-14,19H,1-10,15-16H2. The molecule has 0 radical (unpaired) electrons. The Morgan fingerprint density at radius 1 is 0.750 bits per heavy atom. The maximum Gasteiger partial charge on any atom is 0.278 e. The molecule has 4 rings (SSSR count). The first-order chi connectivity index (χ1) is 13.7. The molecule has 1 aromatic rings. The molecule has 2 fully saturated rings. The van der Waals surface area contributed by atoms with Crippen molar-refractivity contribution in [1.29, 1.82) is 0 Å². The zero-order valence-corrected chi connectivity index (χ0v) is 17.2. The van der Waals surface area contributed by atoms with Gasteiger partial charge in [-0.2, -0.15) is 0 Å². The van der Waals surface area contributed by atoms with Gasteiger partial charge in [-0.15, -0.1) is 0 Å². The van der Waals surface area contributed by atoms with Gasteiger partial charge in [0, 0.05) is 24.2 Å². The monoisotopic (exact) mass is 400 g/mol. The number of carbonyl (C=O) groups excluding carboxylic acids is 2. The largest absolute Gasteiger partial charge is 0.366 e. The molecule has 4 nitrogen and oxygen atoms in total. The van der Waals surface area contributed by atoms with Crippen LogP contribution in [0.25, 0.3) is 5.57 Å². The third kappa shape index (κ3) is 3.84. The number of piperidine rings is 1. The van der Waals surface area contributed by atoms with Crippen molar-refractivity contribution in [2.24, 2.45) is 0 Å². The second-order valence-corrected chi connectivity index (χ2v) is 8.69. The van der Waals surface area contributed by atoms with Gasteiger partial charge in [0.15, 0.2) is 0 Å². The molecule has 1 aromatic carbocycles. The number of rotatable bonds is 3. The Morgan fingerprint density at radius 2 is 1.32 bits per heavy atom. The molecule has 1 aliphatic carbocycles. The lowest BCUT2D eigenvalue weighted by molar-refractivity contribution is -0.140. The Labute approximate surface area is 172 Å². The van der Waals surface area contributed by atoms with Crippen molar-refractivity contribution >= 4 is 29.0 Å². The minimum atomic E-state index is -0.113. The number of benzene rings is 1. The van der Waals surface area contributed by atoms with E-state index < -0.39 is 0 Å². The van der Waals surface area contributed by atoms with Crippen molar-refractivity contribution in [3.8, 4) is 0 Å². The van der Waals surface area contributed by atoms with Crippen LogP contribution in [-0.2, 0) is 9.59 Å². The van der Waals surface area contributed by atoms with Crippen LogP contribution in [0.2, 0.25) is 5.02 Å². The first kappa shape index (κ1) is 19.5. The normalized spacial score (nSPS) is 22.6. The van der Waals surface area contributed by atoms with Crippen molar-refractivity contribution in [3.63, 3.8) is 0 Å². The van der Waals surface area contributed by atoms with Crippen LogP contribution < -0.4 is 0 Å². The summed E-state index contributed by atoms with van der Waals surface area (Å²) < 4.78 is 0. The highest BCUT2D eigenvalue weighted by Gasteiger charge is 2.44. The molecule has 0 bridgehead atoms. The van der Waals surface area contributed by atoms with Gasteiger partial charge in [-0.1, -0.05) is 55.8 Å². The lowest BCUT2D eigenvalue weighted by Crippen LogP contribution is -2.43. The molecule has 1 saturated heterocycles. The molecule has 0 spiro atoms. The zero-order chi connectivity index (χ0) is 19.5. The highest BCUT2D eigenvalue weighted by molar-refractivity contribution is 6.36. The number of carbonyl (C=O) groups is 2. The number of nitrogens with zero attached hydrogens (tertiary/aromatic N) is 2. The molecule has 2 amide bonds. The average molecular weight is 401 g/mol. The van der Waals surface area contributed by atoms with Crippen LogP contribution in [0.5, 0.6) is 0 Å². The topological polar surface area (TPSA) is 40.6 Å². The van der Waals surface area contributed by atoms with E-state index in [1.54, 1.807) is 17.0 Å². The average Bonchev–Trinajstić information content (AvgIpc) is 2.94. The second kappa shape index (κ2) is 8.69. The molecule has 2 heterocycles. The van der Waals surface area contributed by atoms with E-state index in [4.69, 9.17) is 11.6 Å². The maximum absolute atomic E-state index is 13.5. The number of amides is 2. The Bertz CT molecular complexity index is 757. The van der Waals surface area contributed by atoms with Crippen molar-refractivity contribution in [2.75, 3.05) is 13.1 Å². The number of hydrogen-bond acceptors (Lipinski definition) is 3. The fourth-order valence-electron chi connectivity index (χ4n) is 4.85. The molecule has 3 aliphatic rings. The highest BCUT2D eigenvalue weighted by Crippen LogP contribution is 2.36. The van der Waals surface area contributed by atoms with E-state index in [0.717, 1.165) is 57.2 Å². The highest BCUT2D eigenvalue weighted by atomic mass is 35.5. The summed E-state index contributed by atoms with van der Waals surface area (Å²) in [5.74, 6) is -0.194. The van der Waals surface area contributed by atoms with Gasteiger partial charge in [-0.05, 0) is 49.8 Å². The summed E-state index contributed by atoms with van der Waals surface area (Å²) in [6, 6.07) is 7.37. The summed E-state index contributed by atoms with van der Waals surface area (Å²) in [5.41, 5.74) is 2.00. The van der Waals surface area contributed by atoms with Crippen molar-refractivity contribution in [1.82, 2.24) is 9.80 Å². The van der Waals surface area contributed by atoms with Gasteiger partial charge < -0.3 is 4.90 Å². The van der Waals surface area contributed by atoms with E-state index in [2.05, 4.69) is 4.90 Å². The molecule has 1 saturated carbocycles. The van der Waals surface area contributed by atoms with E-state index in [1.807, 2.05) is 12.1 Å². The fourth-order valence-corrected chi connectivity index (χ4v) is 4.97. The lowest BCUT2D eigenvalue weighted by Gasteiger charge is -2.31. The fraction of sp³-hybridized carbons (Fsp3) is 0.565. The van der Waals surface area contributed by atoms with Crippen molar-refractivity contribution < 1.29 is 9.59 Å². The van der Waals surface area contributed by atoms with Gasteiger partial charge in [0.25, 0.3) is 11.8 Å². The first-order valence-electron chi connectivity index (χ1n) is 10.8. The predicted octanol–water partition coefficient (Wildman–Crippen LogP) is 5.02. The summed E-state index contributed by atoms with van der Waals surface area (Å²) >= 11 is 6.06. The van der Waals surface area contributed by atoms with E-state index in [1.165, 1.54) is 25.7 Å². The third-order valence-electron chi connectivity index (χ3n) is 6.34. The summed E-state index contributed by atoms with van der Waals surface area (Å²) in [4.78, 5) is 30.8. The molecule has 0 atom stereocenters. The minimum absolute atomic E-state index is 0.0323. The second-order valence-electron chi connectivity index (χ2n) is 8.26. The molecule has 150 valence electrons. The molecule has 0 unspecified atom stereocenters. The van der Waals surface area contributed by atoms with E-state index in [-0.39, 0.29) is 17.9 Å². The van der Waals surface area contributed by atoms with E-state index >= 15 is 0 Å². The van der Waals surface area contributed by atoms with Crippen LogP contribution in [0, 0.1) is 0 Å². The Balaban J connectivity index is 1.71. The van der Waals surface area contributed by atoms with Crippen LogP contribution in [0.3, 0.4) is 0 Å². The molecule has 28 heavy (non-hydrogen) atoms. The summed E-state index contributed by atoms with van der Waals surface area (Å²) in [6.07, 6.45) is 11.0. The Kier molecular flexibility index (Phi) is 6.05. The van der Waals surface area contributed by atoms with Crippen LogP contribution in [0.15, 0.2) is 30.0 Å². The molecule has 0 N–H and O–H groups in total. The number of likely N-dealkylation sites (tertiary alicyclic amines) is 1. The van der Waals surface area contributed by atoms with E-state index in [0.29, 0.717) is 16.3 Å². The summed E-state index contributed by atoms with van der Waals surface area (Å²) in [5, 5.41) is 0.637. The maximum atomic E-state index is 13.5. The number of halogens is 1. The minimum Gasteiger partial charge on any atom is -0.366 e. The smallest absolute Gasteiger partial charge is 0.278 e. The van der Waals surface area contributed by atoms with Gasteiger partial charge in [0.2, 0.25) is 0 Å². The number of imide groups is 1. The van der Waals surface area contributed by atoms with Crippen LogP contribution in [-0.4, -0.2) is 40.7 Å².